The minimum atomic E-state index is 0.132. The van der Waals surface area contributed by atoms with Crippen molar-refractivity contribution in [2.75, 3.05) is 26.2 Å². The van der Waals surface area contributed by atoms with Crippen molar-refractivity contribution in [1.82, 2.24) is 14.8 Å². The molecule has 0 bridgehead atoms. The molecule has 1 amide bonds. The lowest BCUT2D eigenvalue weighted by atomic mass is 10.2. The Bertz CT molecular complexity index is 648. The van der Waals surface area contributed by atoms with Crippen LogP contribution in [-0.4, -0.2) is 46.9 Å². The van der Waals surface area contributed by atoms with Crippen LogP contribution in [0.5, 0.6) is 0 Å². The molecule has 2 fully saturated rings. The summed E-state index contributed by atoms with van der Waals surface area (Å²) in [4.78, 5) is 21.1. The van der Waals surface area contributed by atoms with Gasteiger partial charge < -0.3 is 9.32 Å². The molecule has 0 radical (unpaired) electrons. The molecule has 5 heteroatoms. The maximum Gasteiger partial charge on any atom is 0.226 e. The van der Waals surface area contributed by atoms with Gasteiger partial charge in [0, 0.05) is 57.0 Å². The van der Waals surface area contributed by atoms with Gasteiger partial charge in [-0.25, -0.2) is 0 Å². The molecule has 0 aromatic carbocycles. The Labute approximate surface area is 135 Å². The second kappa shape index (κ2) is 6.16. The molecule has 2 atom stereocenters. The molecule has 4 rings (SSSR count). The Hall–Kier alpha value is -2.14. The third-order valence-corrected chi connectivity index (χ3v) is 4.86. The summed E-state index contributed by atoms with van der Waals surface area (Å²) in [6.45, 7) is 4.46. The molecule has 2 aromatic rings. The normalized spacial score (nSPS) is 24.6. The molecule has 3 heterocycles. The number of nitrogens with zero attached hydrogens (tertiary/aromatic N) is 3. The van der Waals surface area contributed by atoms with Gasteiger partial charge in [-0.3, -0.25) is 14.7 Å². The zero-order valence-corrected chi connectivity index (χ0v) is 13.1. The maximum atomic E-state index is 12.6. The summed E-state index contributed by atoms with van der Waals surface area (Å²) in [5, 5.41) is 0. The van der Waals surface area contributed by atoms with Crippen LogP contribution < -0.4 is 0 Å². The quantitative estimate of drug-likeness (QED) is 0.868. The number of hydrogen-bond donors (Lipinski definition) is 0. The van der Waals surface area contributed by atoms with Gasteiger partial charge >= 0.3 is 0 Å². The number of piperazine rings is 1. The summed E-state index contributed by atoms with van der Waals surface area (Å²) >= 11 is 0. The van der Waals surface area contributed by atoms with Crippen LogP contribution in [0.4, 0.5) is 0 Å². The molecule has 2 aliphatic rings. The van der Waals surface area contributed by atoms with E-state index in [4.69, 9.17) is 4.42 Å². The van der Waals surface area contributed by atoms with E-state index >= 15 is 0 Å². The van der Waals surface area contributed by atoms with Gasteiger partial charge in [-0.2, -0.15) is 0 Å². The standard InChI is InChI=1S/C18H21N3O2/c22-18(16-12-15(16)17-2-1-11-23-17)21-9-7-20(8-10-21)13-14-3-5-19-6-4-14/h1-6,11,15-16H,7-10,12-13H2/t15-,16+/m1/s1. The van der Waals surface area contributed by atoms with Crippen LogP contribution in [0.1, 0.15) is 23.7 Å². The number of carbonyl (C=O) groups is 1. The van der Waals surface area contributed by atoms with Gasteiger partial charge in [0.15, 0.2) is 0 Å². The van der Waals surface area contributed by atoms with Crippen LogP contribution in [0.2, 0.25) is 0 Å². The van der Waals surface area contributed by atoms with Crippen molar-refractivity contribution in [2.45, 2.75) is 18.9 Å². The van der Waals surface area contributed by atoms with Crippen molar-refractivity contribution in [1.29, 1.82) is 0 Å². The van der Waals surface area contributed by atoms with Crippen LogP contribution in [0.15, 0.2) is 47.3 Å². The largest absolute Gasteiger partial charge is 0.469 e. The van der Waals surface area contributed by atoms with Crippen molar-refractivity contribution < 1.29 is 9.21 Å². The highest BCUT2D eigenvalue weighted by Crippen LogP contribution is 2.48. The Morgan fingerprint density at radius 1 is 1.17 bits per heavy atom. The number of amides is 1. The Balaban J connectivity index is 1.28. The van der Waals surface area contributed by atoms with E-state index in [0.717, 1.165) is 44.9 Å². The number of pyridine rings is 1. The lowest BCUT2D eigenvalue weighted by Crippen LogP contribution is -2.48. The number of furan rings is 1. The summed E-state index contributed by atoms with van der Waals surface area (Å²) in [5.74, 6) is 1.69. The lowest BCUT2D eigenvalue weighted by molar-refractivity contribution is -0.134. The van der Waals surface area contributed by atoms with E-state index in [0.29, 0.717) is 11.8 Å². The molecule has 23 heavy (non-hydrogen) atoms. The van der Waals surface area contributed by atoms with E-state index in [1.165, 1.54) is 5.56 Å². The fourth-order valence-corrected chi connectivity index (χ4v) is 3.39. The summed E-state index contributed by atoms with van der Waals surface area (Å²) in [6, 6.07) is 7.98. The van der Waals surface area contributed by atoms with Crippen molar-refractivity contribution in [2.24, 2.45) is 5.92 Å². The maximum absolute atomic E-state index is 12.6. The lowest BCUT2D eigenvalue weighted by Gasteiger charge is -2.35. The van der Waals surface area contributed by atoms with Crippen molar-refractivity contribution in [3.05, 3.63) is 54.2 Å². The van der Waals surface area contributed by atoms with Crippen molar-refractivity contribution >= 4 is 5.91 Å². The van der Waals surface area contributed by atoms with Gasteiger partial charge in [-0.15, -0.1) is 0 Å². The third kappa shape index (κ3) is 3.15. The van der Waals surface area contributed by atoms with Gasteiger partial charge in [0.05, 0.1) is 6.26 Å². The summed E-state index contributed by atoms with van der Waals surface area (Å²) in [5.41, 5.74) is 1.28. The van der Waals surface area contributed by atoms with Gasteiger partial charge in [0.2, 0.25) is 5.91 Å². The number of carbonyl (C=O) groups excluding carboxylic acids is 1. The van der Waals surface area contributed by atoms with Gasteiger partial charge in [0.1, 0.15) is 5.76 Å². The molecule has 0 spiro atoms. The zero-order chi connectivity index (χ0) is 15.6. The summed E-state index contributed by atoms with van der Waals surface area (Å²) in [7, 11) is 0. The third-order valence-electron chi connectivity index (χ3n) is 4.86. The molecular weight excluding hydrogens is 290 g/mol. The molecule has 5 nitrogen and oxygen atoms in total. The number of rotatable bonds is 4. The fourth-order valence-electron chi connectivity index (χ4n) is 3.39. The molecule has 1 aliphatic carbocycles. The predicted molar refractivity (Wildman–Crippen MR) is 85.7 cm³/mol. The van der Waals surface area contributed by atoms with Crippen LogP contribution in [-0.2, 0) is 11.3 Å². The Kier molecular flexibility index (Phi) is 3.87. The van der Waals surface area contributed by atoms with Gasteiger partial charge in [0.25, 0.3) is 0 Å². The van der Waals surface area contributed by atoms with Crippen LogP contribution in [0.25, 0.3) is 0 Å². The predicted octanol–water partition coefficient (Wildman–Crippen LogP) is 2.12. The van der Waals surface area contributed by atoms with E-state index in [1.54, 1.807) is 6.26 Å². The van der Waals surface area contributed by atoms with Gasteiger partial charge in [-0.05, 0) is 36.2 Å². The highest BCUT2D eigenvalue weighted by Gasteiger charge is 2.47. The Morgan fingerprint density at radius 2 is 1.96 bits per heavy atom. The first-order chi connectivity index (χ1) is 11.3. The SMILES string of the molecule is O=C([C@H]1C[C@H]1c1ccco1)N1CCN(Cc2ccncc2)CC1. The fraction of sp³-hybridized carbons (Fsp3) is 0.444. The zero-order valence-electron chi connectivity index (χ0n) is 13.1. The second-order valence-corrected chi connectivity index (χ2v) is 6.42. The van der Waals surface area contributed by atoms with E-state index in [-0.39, 0.29) is 5.92 Å². The summed E-state index contributed by atoms with van der Waals surface area (Å²) in [6.07, 6.45) is 6.28. The van der Waals surface area contributed by atoms with Crippen LogP contribution in [0, 0.1) is 5.92 Å². The highest BCUT2D eigenvalue weighted by atomic mass is 16.3. The molecule has 0 N–H and O–H groups in total. The molecule has 0 unspecified atom stereocenters. The van der Waals surface area contributed by atoms with Crippen LogP contribution in [0.3, 0.4) is 0 Å². The molecule has 2 aromatic heterocycles. The molecular formula is C18H21N3O2. The van der Waals surface area contributed by atoms with E-state index in [1.807, 2.05) is 29.4 Å². The molecule has 1 aliphatic heterocycles. The van der Waals surface area contributed by atoms with Crippen molar-refractivity contribution in [3.63, 3.8) is 0 Å². The van der Waals surface area contributed by atoms with E-state index in [2.05, 4.69) is 22.0 Å². The molecule has 120 valence electrons. The number of hydrogen-bond acceptors (Lipinski definition) is 4. The van der Waals surface area contributed by atoms with E-state index < -0.39 is 0 Å². The first-order valence-electron chi connectivity index (χ1n) is 8.25. The topological polar surface area (TPSA) is 49.6 Å². The molecule has 1 saturated carbocycles. The van der Waals surface area contributed by atoms with Crippen LogP contribution >= 0.6 is 0 Å². The van der Waals surface area contributed by atoms with Gasteiger partial charge in [-0.1, -0.05) is 0 Å². The smallest absolute Gasteiger partial charge is 0.226 e. The monoisotopic (exact) mass is 311 g/mol. The second-order valence-electron chi connectivity index (χ2n) is 6.42. The average Bonchev–Trinajstić information content (AvgIpc) is 3.21. The highest BCUT2D eigenvalue weighted by molar-refractivity contribution is 5.83. The minimum Gasteiger partial charge on any atom is -0.469 e. The van der Waals surface area contributed by atoms with Crippen molar-refractivity contribution in [3.8, 4) is 0 Å². The minimum absolute atomic E-state index is 0.132. The Morgan fingerprint density at radius 3 is 2.65 bits per heavy atom. The van der Waals surface area contributed by atoms with E-state index in [9.17, 15) is 4.79 Å². The average molecular weight is 311 g/mol. The number of aromatic nitrogens is 1. The first-order valence-corrected chi connectivity index (χ1v) is 8.25. The molecule has 1 saturated heterocycles. The first kappa shape index (κ1) is 14.5. The summed E-state index contributed by atoms with van der Waals surface area (Å²) < 4.78 is 5.42.